The predicted molar refractivity (Wildman–Crippen MR) is 145 cm³/mol. The van der Waals surface area contributed by atoms with Crippen molar-refractivity contribution in [3.63, 3.8) is 0 Å². The number of aliphatic hydroxyl groups excluding tert-OH is 4. The van der Waals surface area contributed by atoms with Crippen LogP contribution in [0.25, 0.3) is 43.6 Å². The third-order valence-corrected chi connectivity index (χ3v) is 8.02. The van der Waals surface area contributed by atoms with Crippen LogP contribution < -0.4 is 5.43 Å². The van der Waals surface area contributed by atoms with Crippen molar-refractivity contribution in [1.29, 1.82) is 0 Å². The van der Waals surface area contributed by atoms with Gasteiger partial charge in [-0.25, -0.2) is 10.4 Å². The smallest absolute Gasteiger partial charge is 0.276 e. The average molecular weight is 563 g/mol. The molecule has 2 aliphatic rings. The largest absolute Gasteiger partial charge is 0.508 e. The molecule has 212 valence electrons. The van der Waals surface area contributed by atoms with Gasteiger partial charge >= 0.3 is 0 Å². The third-order valence-electron chi connectivity index (χ3n) is 8.02. The van der Waals surface area contributed by atoms with Gasteiger partial charge in [-0.05, 0) is 24.3 Å². The molecule has 8 N–H and O–H groups in total. The maximum atomic E-state index is 14.0. The summed E-state index contributed by atoms with van der Waals surface area (Å²) < 4.78 is 7.77. The fourth-order valence-corrected chi connectivity index (χ4v) is 6.19. The SMILES string of the molecule is O=C1c2c(c3c4ccc(O)cc4n([C@H]4C[C@H](O)[C@@H](CO)O4)c3c3[nH]c4cc(O)ccc4c23)C(=O)N1NC(CO)CO. The number of phenols is 2. The number of H-pyrrole nitrogens is 1. The van der Waals surface area contributed by atoms with Gasteiger partial charge in [-0.1, -0.05) is 0 Å². The van der Waals surface area contributed by atoms with Crippen LogP contribution in [0.2, 0.25) is 0 Å². The number of rotatable bonds is 6. The van der Waals surface area contributed by atoms with Crippen molar-refractivity contribution in [3.05, 3.63) is 47.5 Å². The zero-order valence-corrected chi connectivity index (χ0v) is 21.4. The van der Waals surface area contributed by atoms with Gasteiger partial charge in [0, 0.05) is 40.1 Å². The van der Waals surface area contributed by atoms with E-state index in [0.29, 0.717) is 43.6 Å². The lowest BCUT2D eigenvalue weighted by molar-refractivity contribution is -0.0415. The molecule has 1 saturated heterocycles. The molecule has 0 radical (unpaired) electrons. The molecule has 0 saturated carbocycles. The molecule has 0 unspecified atom stereocenters. The van der Waals surface area contributed by atoms with Gasteiger partial charge in [0.05, 0.1) is 65.2 Å². The number of imide groups is 1. The Hall–Kier alpha value is -4.24. The number of carbonyl (C=O) groups excluding carboxylic acids is 2. The summed E-state index contributed by atoms with van der Waals surface area (Å²) in [5.41, 5.74) is 4.64. The normalized spacial score (nSPS) is 21.1. The highest BCUT2D eigenvalue weighted by Crippen LogP contribution is 2.48. The van der Waals surface area contributed by atoms with Gasteiger partial charge in [0.15, 0.2) is 0 Å². The number of nitrogens with one attached hydrogen (secondary N) is 2. The molecule has 13 heteroatoms. The van der Waals surface area contributed by atoms with Gasteiger partial charge in [0.2, 0.25) is 0 Å². The highest BCUT2D eigenvalue weighted by molar-refractivity contribution is 6.39. The van der Waals surface area contributed by atoms with Crippen molar-refractivity contribution in [3.8, 4) is 11.5 Å². The zero-order chi connectivity index (χ0) is 28.7. The van der Waals surface area contributed by atoms with E-state index in [1.807, 2.05) is 0 Å². The van der Waals surface area contributed by atoms with E-state index in [4.69, 9.17) is 4.74 Å². The second kappa shape index (κ2) is 9.14. The summed E-state index contributed by atoms with van der Waals surface area (Å²) >= 11 is 0. The highest BCUT2D eigenvalue weighted by atomic mass is 16.5. The molecule has 0 bridgehead atoms. The molecule has 1 fully saturated rings. The average Bonchev–Trinajstić information content (AvgIpc) is 3.67. The predicted octanol–water partition coefficient (Wildman–Crippen LogP) is 0.935. The molecule has 2 amide bonds. The van der Waals surface area contributed by atoms with Crippen LogP contribution in [-0.2, 0) is 4.74 Å². The third kappa shape index (κ3) is 3.51. The van der Waals surface area contributed by atoms with Gasteiger partial charge in [-0.15, -0.1) is 0 Å². The van der Waals surface area contributed by atoms with Gasteiger partial charge in [0.1, 0.15) is 23.8 Å². The molecule has 4 heterocycles. The first kappa shape index (κ1) is 25.7. The Balaban J connectivity index is 1.64. The molecule has 2 aromatic heterocycles. The van der Waals surface area contributed by atoms with E-state index in [-0.39, 0.29) is 29.0 Å². The molecule has 3 aromatic carbocycles. The lowest BCUT2D eigenvalue weighted by Gasteiger charge is -2.20. The molecular formula is C28H26N4O9. The van der Waals surface area contributed by atoms with Crippen LogP contribution >= 0.6 is 0 Å². The van der Waals surface area contributed by atoms with Crippen molar-refractivity contribution in [2.24, 2.45) is 0 Å². The van der Waals surface area contributed by atoms with Crippen LogP contribution in [0.1, 0.15) is 33.4 Å². The number of amides is 2. The monoisotopic (exact) mass is 562 g/mol. The summed E-state index contributed by atoms with van der Waals surface area (Å²) in [6.45, 7) is -1.49. The molecule has 3 atom stereocenters. The van der Waals surface area contributed by atoms with Gasteiger partial charge in [-0.3, -0.25) is 9.59 Å². The molecule has 41 heavy (non-hydrogen) atoms. The first-order valence-electron chi connectivity index (χ1n) is 13.0. The number of phenolic OH excluding ortho intramolecular Hbond substituents is 2. The number of benzene rings is 3. The topological polar surface area (TPSA) is 201 Å². The van der Waals surface area contributed by atoms with E-state index in [2.05, 4.69) is 10.4 Å². The van der Waals surface area contributed by atoms with Crippen LogP contribution in [0.4, 0.5) is 0 Å². The summed E-state index contributed by atoms with van der Waals surface area (Å²) in [5, 5.41) is 62.9. The Morgan fingerprint density at radius 1 is 0.951 bits per heavy atom. The van der Waals surface area contributed by atoms with Crippen molar-refractivity contribution in [2.75, 3.05) is 19.8 Å². The van der Waals surface area contributed by atoms with Gasteiger partial charge in [0.25, 0.3) is 11.8 Å². The summed E-state index contributed by atoms with van der Waals surface area (Å²) in [5.74, 6) is -1.47. The molecule has 5 aromatic rings. The fourth-order valence-electron chi connectivity index (χ4n) is 6.19. The minimum atomic E-state index is -0.981. The lowest BCUT2D eigenvalue weighted by Crippen LogP contribution is -2.50. The molecule has 2 aliphatic heterocycles. The van der Waals surface area contributed by atoms with Crippen molar-refractivity contribution in [1.82, 2.24) is 20.0 Å². The number of nitrogens with zero attached hydrogens (tertiary/aromatic N) is 2. The fraction of sp³-hybridized carbons (Fsp3) is 0.286. The Labute approximate surface area is 230 Å². The van der Waals surface area contributed by atoms with Crippen molar-refractivity contribution >= 4 is 55.4 Å². The second-order valence-corrected chi connectivity index (χ2v) is 10.4. The number of ether oxygens (including phenoxy) is 1. The number of fused-ring (bicyclic) bond motifs is 10. The van der Waals surface area contributed by atoms with Crippen LogP contribution in [0.5, 0.6) is 11.5 Å². The summed E-state index contributed by atoms with van der Waals surface area (Å²) in [7, 11) is 0. The van der Waals surface area contributed by atoms with E-state index < -0.39 is 56.1 Å². The first-order valence-corrected chi connectivity index (χ1v) is 13.0. The number of carbonyl (C=O) groups is 2. The van der Waals surface area contributed by atoms with Crippen LogP contribution in [-0.4, -0.2) is 95.1 Å². The molecule has 0 spiro atoms. The Morgan fingerprint density at radius 2 is 1.61 bits per heavy atom. The van der Waals surface area contributed by atoms with E-state index in [9.17, 15) is 40.2 Å². The highest BCUT2D eigenvalue weighted by Gasteiger charge is 2.44. The minimum Gasteiger partial charge on any atom is -0.508 e. The van der Waals surface area contributed by atoms with E-state index in [1.54, 1.807) is 16.7 Å². The Morgan fingerprint density at radius 3 is 2.27 bits per heavy atom. The van der Waals surface area contributed by atoms with Crippen LogP contribution in [0, 0.1) is 0 Å². The maximum Gasteiger partial charge on any atom is 0.276 e. The van der Waals surface area contributed by atoms with Crippen LogP contribution in [0.15, 0.2) is 36.4 Å². The molecular weight excluding hydrogens is 536 g/mol. The second-order valence-electron chi connectivity index (χ2n) is 10.4. The molecule has 7 rings (SSSR count). The number of hydrazine groups is 1. The van der Waals surface area contributed by atoms with Gasteiger partial charge < -0.3 is 44.9 Å². The van der Waals surface area contributed by atoms with E-state index in [0.717, 1.165) is 5.01 Å². The lowest BCUT2D eigenvalue weighted by atomic mass is 9.96. The number of aromatic amines is 1. The number of hydrogen-bond acceptors (Lipinski definition) is 10. The summed E-state index contributed by atoms with van der Waals surface area (Å²) in [6, 6.07) is 8.18. The Kier molecular flexibility index (Phi) is 5.73. The van der Waals surface area contributed by atoms with E-state index >= 15 is 0 Å². The first-order chi connectivity index (χ1) is 19.8. The number of aromatic nitrogens is 2. The quantitative estimate of drug-likeness (QED) is 0.138. The minimum absolute atomic E-state index is 0.0186. The number of hydrogen-bond donors (Lipinski definition) is 8. The number of aromatic hydroxyl groups is 2. The van der Waals surface area contributed by atoms with E-state index in [1.165, 1.54) is 24.3 Å². The summed E-state index contributed by atoms with van der Waals surface area (Å²) in [4.78, 5) is 31.2. The van der Waals surface area contributed by atoms with Crippen LogP contribution in [0.3, 0.4) is 0 Å². The van der Waals surface area contributed by atoms with Crippen molar-refractivity contribution < 1.29 is 45.0 Å². The Bertz CT molecular complexity index is 1910. The maximum absolute atomic E-state index is 14.0. The summed E-state index contributed by atoms with van der Waals surface area (Å²) in [6.07, 6.45) is -2.53. The zero-order valence-electron chi connectivity index (χ0n) is 21.4. The number of aliphatic hydroxyl groups is 4. The van der Waals surface area contributed by atoms with Gasteiger partial charge in [-0.2, -0.15) is 0 Å². The molecule has 0 aliphatic carbocycles. The van der Waals surface area contributed by atoms with Crippen molar-refractivity contribution in [2.45, 2.75) is 30.9 Å². The standard InChI is InChI=1S/C28H26N4O9/c33-8-11(9-34)30-32-27(39)23-21-14-3-1-12(36)5-16(14)29-25(21)26-22(24(23)28(32)40)15-4-2-13(37)6-17(15)31(26)20-7-18(38)19(10-35)41-20/h1-6,11,18-20,29-30,33-38H,7-10H2/t18-,19+,20+/m0/s1. The molecule has 13 nitrogen and oxygen atoms in total.